The van der Waals surface area contributed by atoms with Crippen molar-refractivity contribution in [2.75, 3.05) is 16.4 Å². The highest BCUT2D eigenvalue weighted by Gasteiger charge is 2.38. The van der Waals surface area contributed by atoms with E-state index in [9.17, 15) is 9.59 Å². The zero-order valence-electron chi connectivity index (χ0n) is 11.6. The molecule has 2 amide bonds. The molecule has 0 aromatic heterocycles. The van der Waals surface area contributed by atoms with E-state index in [0.717, 1.165) is 5.56 Å². The Labute approximate surface area is 112 Å². The van der Waals surface area contributed by atoms with Crippen LogP contribution in [0.15, 0.2) is 12.1 Å². The Morgan fingerprint density at radius 1 is 1.37 bits per heavy atom. The van der Waals surface area contributed by atoms with Crippen molar-refractivity contribution in [1.29, 1.82) is 0 Å². The molecule has 102 valence electrons. The van der Waals surface area contributed by atoms with Crippen LogP contribution < -0.4 is 16.4 Å². The molecule has 0 spiro atoms. The molecule has 1 aromatic carbocycles. The first kappa shape index (κ1) is 13.4. The van der Waals surface area contributed by atoms with E-state index in [1.807, 2.05) is 27.7 Å². The number of benzene rings is 1. The van der Waals surface area contributed by atoms with E-state index in [2.05, 4.69) is 10.6 Å². The molecule has 5 heteroatoms. The second kappa shape index (κ2) is 4.26. The smallest absolute Gasteiger partial charge is 0.234 e. The van der Waals surface area contributed by atoms with Crippen LogP contribution in [0.1, 0.15) is 33.3 Å². The number of rotatable bonds is 2. The lowest BCUT2D eigenvalue weighted by atomic mass is 9.86. The lowest BCUT2D eigenvalue weighted by molar-refractivity contribution is -0.120. The van der Waals surface area contributed by atoms with Crippen LogP contribution in [0.2, 0.25) is 0 Å². The van der Waals surface area contributed by atoms with Crippen LogP contribution in [0.3, 0.4) is 0 Å². The fourth-order valence-corrected chi connectivity index (χ4v) is 2.02. The highest BCUT2D eigenvalue weighted by atomic mass is 16.2. The lowest BCUT2D eigenvalue weighted by Crippen LogP contribution is -2.26. The Morgan fingerprint density at radius 2 is 2.00 bits per heavy atom. The van der Waals surface area contributed by atoms with Crippen LogP contribution >= 0.6 is 0 Å². The fraction of sp³-hybridized carbons (Fsp3) is 0.429. The first-order valence-corrected chi connectivity index (χ1v) is 6.29. The van der Waals surface area contributed by atoms with E-state index in [-0.39, 0.29) is 17.7 Å². The largest absolute Gasteiger partial charge is 0.397 e. The molecule has 0 atom stereocenters. The highest BCUT2D eigenvalue weighted by Crippen LogP contribution is 2.41. The van der Waals surface area contributed by atoms with Crippen molar-refractivity contribution in [3.8, 4) is 0 Å². The van der Waals surface area contributed by atoms with E-state index in [0.29, 0.717) is 17.1 Å². The number of nitrogen functional groups attached to an aromatic ring is 1. The summed E-state index contributed by atoms with van der Waals surface area (Å²) >= 11 is 0. The predicted molar refractivity (Wildman–Crippen MR) is 76.0 cm³/mol. The first-order valence-electron chi connectivity index (χ1n) is 6.29. The van der Waals surface area contributed by atoms with Crippen LogP contribution in [0.5, 0.6) is 0 Å². The Hall–Kier alpha value is -2.04. The normalized spacial score (nSPS) is 16.2. The van der Waals surface area contributed by atoms with Crippen molar-refractivity contribution in [3.05, 3.63) is 17.7 Å². The second-order valence-electron chi connectivity index (χ2n) is 5.71. The van der Waals surface area contributed by atoms with Crippen LogP contribution in [0.4, 0.5) is 17.1 Å². The third-order valence-corrected chi connectivity index (χ3v) is 3.46. The van der Waals surface area contributed by atoms with E-state index in [4.69, 9.17) is 5.73 Å². The summed E-state index contributed by atoms with van der Waals surface area (Å²) in [6, 6.07) is 3.47. The SMILES string of the molecule is CC(C)C(=O)Nc1cc2c(cc1N)C(C)(C)C(=O)N2. The van der Waals surface area contributed by atoms with Crippen molar-refractivity contribution >= 4 is 28.9 Å². The molecule has 4 N–H and O–H groups in total. The minimum absolute atomic E-state index is 0.0609. The van der Waals surface area contributed by atoms with Gasteiger partial charge in [0, 0.05) is 11.6 Å². The van der Waals surface area contributed by atoms with Gasteiger partial charge in [0.05, 0.1) is 16.8 Å². The van der Waals surface area contributed by atoms with Gasteiger partial charge in [-0.15, -0.1) is 0 Å². The fourth-order valence-electron chi connectivity index (χ4n) is 2.02. The molecule has 0 saturated carbocycles. The van der Waals surface area contributed by atoms with Gasteiger partial charge in [-0.25, -0.2) is 0 Å². The van der Waals surface area contributed by atoms with Crippen LogP contribution in [0.25, 0.3) is 0 Å². The molecule has 1 aliphatic heterocycles. The van der Waals surface area contributed by atoms with Gasteiger partial charge in [-0.3, -0.25) is 9.59 Å². The Bertz CT molecular complexity index is 562. The average molecular weight is 261 g/mol. The van der Waals surface area contributed by atoms with Crippen molar-refractivity contribution in [2.45, 2.75) is 33.1 Å². The van der Waals surface area contributed by atoms with Crippen molar-refractivity contribution in [1.82, 2.24) is 0 Å². The first-order chi connectivity index (χ1) is 8.73. The molecule has 1 aliphatic rings. The predicted octanol–water partition coefficient (Wildman–Crippen LogP) is 2.09. The topological polar surface area (TPSA) is 84.2 Å². The van der Waals surface area contributed by atoms with Crippen LogP contribution in [-0.4, -0.2) is 11.8 Å². The molecule has 1 heterocycles. The van der Waals surface area contributed by atoms with Gasteiger partial charge in [-0.2, -0.15) is 0 Å². The van der Waals surface area contributed by atoms with Crippen molar-refractivity contribution in [3.63, 3.8) is 0 Å². The van der Waals surface area contributed by atoms with Crippen molar-refractivity contribution < 1.29 is 9.59 Å². The summed E-state index contributed by atoms with van der Waals surface area (Å²) in [5.41, 5.74) is 7.94. The number of nitrogens with one attached hydrogen (secondary N) is 2. The number of anilines is 3. The van der Waals surface area contributed by atoms with E-state index >= 15 is 0 Å². The minimum Gasteiger partial charge on any atom is -0.397 e. The Kier molecular flexibility index (Phi) is 3.00. The maximum Gasteiger partial charge on any atom is 0.234 e. The third kappa shape index (κ3) is 2.16. The number of carbonyl (C=O) groups excluding carboxylic acids is 2. The maximum absolute atomic E-state index is 11.9. The molecule has 0 unspecified atom stereocenters. The summed E-state index contributed by atoms with van der Waals surface area (Å²) in [7, 11) is 0. The maximum atomic E-state index is 11.9. The zero-order valence-corrected chi connectivity index (χ0v) is 11.6. The molecule has 0 radical (unpaired) electrons. The Morgan fingerprint density at radius 3 is 2.58 bits per heavy atom. The molecular weight excluding hydrogens is 242 g/mol. The molecule has 19 heavy (non-hydrogen) atoms. The molecule has 2 rings (SSSR count). The van der Waals surface area contributed by atoms with Gasteiger partial charge in [0.25, 0.3) is 0 Å². The summed E-state index contributed by atoms with van der Waals surface area (Å²) in [6.07, 6.45) is 0. The van der Waals surface area contributed by atoms with E-state index < -0.39 is 5.41 Å². The summed E-state index contributed by atoms with van der Waals surface area (Å²) in [5.74, 6) is -0.289. The van der Waals surface area contributed by atoms with Gasteiger partial charge in [0.2, 0.25) is 11.8 Å². The van der Waals surface area contributed by atoms with Crippen LogP contribution in [-0.2, 0) is 15.0 Å². The summed E-state index contributed by atoms with van der Waals surface area (Å²) < 4.78 is 0. The number of fused-ring (bicyclic) bond motifs is 1. The van der Waals surface area contributed by atoms with Gasteiger partial charge < -0.3 is 16.4 Å². The second-order valence-corrected chi connectivity index (χ2v) is 5.71. The minimum atomic E-state index is -0.593. The van der Waals surface area contributed by atoms with Crippen LogP contribution in [0, 0.1) is 5.92 Å². The highest BCUT2D eigenvalue weighted by molar-refractivity contribution is 6.07. The molecule has 0 saturated heterocycles. The van der Waals surface area contributed by atoms with E-state index in [1.54, 1.807) is 12.1 Å². The summed E-state index contributed by atoms with van der Waals surface area (Å²) in [5, 5.41) is 5.58. The lowest BCUT2D eigenvalue weighted by Gasteiger charge is -2.17. The monoisotopic (exact) mass is 261 g/mol. The summed E-state index contributed by atoms with van der Waals surface area (Å²) in [6.45, 7) is 7.31. The number of hydrogen-bond donors (Lipinski definition) is 3. The third-order valence-electron chi connectivity index (χ3n) is 3.46. The number of hydrogen-bond acceptors (Lipinski definition) is 3. The van der Waals surface area contributed by atoms with Gasteiger partial charge in [0.1, 0.15) is 0 Å². The van der Waals surface area contributed by atoms with Gasteiger partial charge >= 0.3 is 0 Å². The average Bonchev–Trinajstić information content (AvgIpc) is 2.51. The summed E-state index contributed by atoms with van der Waals surface area (Å²) in [4.78, 5) is 23.6. The Balaban J connectivity index is 2.40. The van der Waals surface area contributed by atoms with Gasteiger partial charge in [-0.05, 0) is 31.5 Å². The molecule has 0 aliphatic carbocycles. The molecule has 1 aromatic rings. The molecule has 5 nitrogen and oxygen atoms in total. The standard InChI is InChI=1S/C14H19N3O2/c1-7(2)12(18)16-11-6-10-8(5-9(11)15)14(3,4)13(19)17-10/h5-7H,15H2,1-4H3,(H,16,18)(H,17,19). The molecule has 0 bridgehead atoms. The number of amides is 2. The van der Waals surface area contributed by atoms with E-state index in [1.165, 1.54) is 0 Å². The number of carbonyl (C=O) groups is 2. The zero-order chi connectivity index (χ0) is 14.4. The van der Waals surface area contributed by atoms with Gasteiger partial charge in [0.15, 0.2) is 0 Å². The molecular formula is C14H19N3O2. The molecule has 0 fully saturated rings. The number of nitrogens with two attached hydrogens (primary N) is 1. The quantitative estimate of drug-likeness (QED) is 0.713. The van der Waals surface area contributed by atoms with Crippen molar-refractivity contribution in [2.24, 2.45) is 5.92 Å². The van der Waals surface area contributed by atoms with Gasteiger partial charge in [-0.1, -0.05) is 13.8 Å².